The molecule has 0 N–H and O–H groups in total. The second kappa shape index (κ2) is 5.12. The van der Waals surface area contributed by atoms with Crippen molar-refractivity contribution in [2.24, 2.45) is 17.8 Å². The maximum absolute atomic E-state index is 12.6. The van der Waals surface area contributed by atoms with Crippen molar-refractivity contribution in [3.05, 3.63) is 0 Å². The fraction of sp³-hybridized carbons (Fsp3) is 0.857. The second-order valence-corrected chi connectivity index (χ2v) is 5.95. The fourth-order valence-electron chi connectivity index (χ4n) is 3.91. The smallest absolute Gasteiger partial charge is 0.336 e. The molecule has 106 valence electrons. The van der Waals surface area contributed by atoms with Crippen molar-refractivity contribution in [3.8, 4) is 0 Å². The highest BCUT2D eigenvalue weighted by Gasteiger charge is 2.45. The number of carbonyl (C=O) groups excluding carboxylic acids is 2. The third-order valence-electron chi connectivity index (χ3n) is 4.90. The largest absolute Gasteiger partial charge is 0.467 e. The van der Waals surface area contributed by atoms with E-state index in [-0.39, 0.29) is 17.8 Å². The van der Waals surface area contributed by atoms with Crippen LogP contribution in [0.2, 0.25) is 0 Å². The summed E-state index contributed by atoms with van der Waals surface area (Å²) in [6, 6.07) is 0. The van der Waals surface area contributed by atoms with Crippen LogP contribution in [0.15, 0.2) is 0 Å². The maximum atomic E-state index is 12.6. The minimum atomic E-state index is -0.610. The Balaban J connectivity index is 1.62. The quantitative estimate of drug-likeness (QED) is 0.695. The van der Waals surface area contributed by atoms with E-state index >= 15 is 0 Å². The summed E-state index contributed by atoms with van der Waals surface area (Å²) in [5, 5.41) is 0. The zero-order valence-corrected chi connectivity index (χ0v) is 11.3. The van der Waals surface area contributed by atoms with Gasteiger partial charge in [-0.3, -0.25) is 4.79 Å². The van der Waals surface area contributed by atoms with Crippen LogP contribution in [0.4, 0.5) is 0 Å². The van der Waals surface area contributed by atoms with Gasteiger partial charge in [0.2, 0.25) is 5.91 Å². The Hall–Kier alpha value is -1.10. The van der Waals surface area contributed by atoms with Crippen LogP contribution in [0.1, 0.15) is 25.7 Å². The number of hydrogen-bond acceptors (Lipinski definition) is 4. The first-order valence-corrected chi connectivity index (χ1v) is 7.17. The van der Waals surface area contributed by atoms with Gasteiger partial charge in [0.05, 0.1) is 20.3 Å². The first kappa shape index (κ1) is 12.9. The summed E-state index contributed by atoms with van der Waals surface area (Å²) in [5.41, 5.74) is 0. The van der Waals surface area contributed by atoms with E-state index in [1.54, 1.807) is 4.90 Å². The zero-order valence-electron chi connectivity index (χ0n) is 11.3. The average molecular weight is 267 g/mol. The SMILES string of the molecule is COC(=O)C1CN(C(=O)C2CC3CCC2C3)CCO1. The molecule has 3 aliphatic rings. The highest BCUT2D eigenvalue weighted by Crippen LogP contribution is 2.48. The van der Waals surface area contributed by atoms with E-state index < -0.39 is 6.10 Å². The molecule has 5 nitrogen and oxygen atoms in total. The van der Waals surface area contributed by atoms with Gasteiger partial charge in [0.25, 0.3) is 0 Å². The molecular formula is C14H21NO4. The predicted molar refractivity (Wildman–Crippen MR) is 67.3 cm³/mol. The summed E-state index contributed by atoms with van der Waals surface area (Å²) in [4.78, 5) is 25.9. The van der Waals surface area contributed by atoms with Gasteiger partial charge < -0.3 is 14.4 Å². The lowest BCUT2D eigenvalue weighted by Gasteiger charge is -2.35. The first-order valence-electron chi connectivity index (χ1n) is 7.17. The molecule has 2 saturated carbocycles. The molecule has 3 rings (SSSR count). The third kappa shape index (κ3) is 2.36. The summed E-state index contributed by atoms with van der Waals surface area (Å²) >= 11 is 0. The van der Waals surface area contributed by atoms with E-state index in [2.05, 4.69) is 0 Å². The lowest BCUT2D eigenvalue weighted by molar-refractivity contribution is -0.163. The van der Waals surface area contributed by atoms with E-state index in [1.165, 1.54) is 26.4 Å². The van der Waals surface area contributed by atoms with Gasteiger partial charge in [-0.1, -0.05) is 6.42 Å². The Kier molecular flexibility index (Phi) is 3.48. The molecule has 1 aliphatic heterocycles. The topological polar surface area (TPSA) is 55.8 Å². The van der Waals surface area contributed by atoms with E-state index in [0.29, 0.717) is 25.6 Å². The standard InChI is InChI=1S/C14H21NO4/c1-18-14(17)12-8-15(4-5-19-12)13(16)11-7-9-2-3-10(11)6-9/h9-12H,2-8H2,1H3. The van der Waals surface area contributed by atoms with Crippen molar-refractivity contribution in [1.29, 1.82) is 0 Å². The van der Waals surface area contributed by atoms with Crippen LogP contribution in [0, 0.1) is 17.8 Å². The number of hydrogen-bond donors (Lipinski definition) is 0. The normalized spacial score (nSPS) is 37.4. The van der Waals surface area contributed by atoms with Crippen molar-refractivity contribution in [2.45, 2.75) is 31.8 Å². The molecule has 0 spiro atoms. The molecule has 2 bridgehead atoms. The van der Waals surface area contributed by atoms with Gasteiger partial charge in [-0.15, -0.1) is 0 Å². The summed E-state index contributed by atoms with van der Waals surface area (Å²) in [5.74, 6) is 1.37. The van der Waals surface area contributed by atoms with Crippen molar-refractivity contribution >= 4 is 11.9 Å². The van der Waals surface area contributed by atoms with Crippen LogP contribution in [0.5, 0.6) is 0 Å². The molecule has 3 fully saturated rings. The van der Waals surface area contributed by atoms with Gasteiger partial charge in [-0.2, -0.15) is 0 Å². The lowest BCUT2D eigenvalue weighted by Crippen LogP contribution is -2.51. The summed E-state index contributed by atoms with van der Waals surface area (Å²) in [6.45, 7) is 1.37. The van der Waals surface area contributed by atoms with E-state index in [9.17, 15) is 9.59 Å². The number of esters is 1. The van der Waals surface area contributed by atoms with Crippen LogP contribution < -0.4 is 0 Å². The van der Waals surface area contributed by atoms with Crippen LogP contribution >= 0.6 is 0 Å². The van der Waals surface area contributed by atoms with Crippen LogP contribution in [-0.2, 0) is 19.1 Å². The molecule has 0 aromatic rings. The summed E-state index contributed by atoms with van der Waals surface area (Å²) in [6.07, 6.45) is 4.15. The van der Waals surface area contributed by atoms with Gasteiger partial charge in [0, 0.05) is 12.5 Å². The van der Waals surface area contributed by atoms with Gasteiger partial charge in [-0.25, -0.2) is 4.79 Å². The van der Waals surface area contributed by atoms with Crippen LogP contribution in [0.25, 0.3) is 0 Å². The number of amides is 1. The van der Waals surface area contributed by atoms with Gasteiger partial charge >= 0.3 is 5.97 Å². The molecule has 1 amide bonds. The van der Waals surface area contributed by atoms with E-state index in [1.807, 2.05) is 0 Å². The Bertz CT molecular complexity index is 384. The van der Waals surface area contributed by atoms with Crippen LogP contribution in [-0.4, -0.2) is 49.7 Å². The van der Waals surface area contributed by atoms with E-state index in [0.717, 1.165) is 12.3 Å². The predicted octanol–water partition coefficient (Wildman–Crippen LogP) is 0.823. The molecule has 19 heavy (non-hydrogen) atoms. The Labute approximate surface area is 113 Å². The minimum absolute atomic E-state index is 0.190. The molecule has 0 radical (unpaired) electrons. The lowest BCUT2D eigenvalue weighted by atomic mass is 9.87. The summed E-state index contributed by atoms with van der Waals surface area (Å²) < 4.78 is 10.1. The summed E-state index contributed by atoms with van der Waals surface area (Å²) in [7, 11) is 1.35. The second-order valence-electron chi connectivity index (χ2n) is 5.95. The number of ether oxygens (including phenoxy) is 2. The Morgan fingerprint density at radius 1 is 1.26 bits per heavy atom. The van der Waals surface area contributed by atoms with Gasteiger partial charge in [-0.05, 0) is 31.1 Å². The number of rotatable bonds is 2. The highest BCUT2D eigenvalue weighted by molar-refractivity contribution is 5.81. The molecule has 4 atom stereocenters. The van der Waals surface area contributed by atoms with Crippen molar-refractivity contribution in [3.63, 3.8) is 0 Å². The van der Waals surface area contributed by atoms with Crippen molar-refractivity contribution < 1.29 is 19.1 Å². The monoisotopic (exact) mass is 267 g/mol. The average Bonchev–Trinajstić information content (AvgIpc) is 3.08. The van der Waals surface area contributed by atoms with Crippen LogP contribution in [0.3, 0.4) is 0 Å². The molecule has 2 aliphatic carbocycles. The zero-order chi connectivity index (χ0) is 13.4. The Morgan fingerprint density at radius 2 is 2.11 bits per heavy atom. The number of carbonyl (C=O) groups is 2. The number of morpholine rings is 1. The Morgan fingerprint density at radius 3 is 2.74 bits per heavy atom. The van der Waals surface area contributed by atoms with Crippen molar-refractivity contribution in [2.75, 3.05) is 26.8 Å². The molecule has 5 heteroatoms. The van der Waals surface area contributed by atoms with Crippen molar-refractivity contribution in [1.82, 2.24) is 4.90 Å². The molecular weight excluding hydrogens is 246 g/mol. The number of fused-ring (bicyclic) bond motifs is 2. The minimum Gasteiger partial charge on any atom is -0.467 e. The molecule has 0 aromatic carbocycles. The number of nitrogens with zero attached hydrogens (tertiary/aromatic N) is 1. The van der Waals surface area contributed by atoms with E-state index in [4.69, 9.17) is 9.47 Å². The molecule has 1 saturated heterocycles. The molecule has 1 heterocycles. The highest BCUT2D eigenvalue weighted by atomic mass is 16.6. The van der Waals surface area contributed by atoms with Gasteiger partial charge in [0.15, 0.2) is 6.10 Å². The molecule has 0 aromatic heterocycles. The first-order chi connectivity index (χ1) is 9.19. The number of methoxy groups -OCH3 is 1. The maximum Gasteiger partial charge on any atom is 0.336 e. The molecule has 4 unspecified atom stereocenters. The fourth-order valence-corrected chi connectivity index (χ4v) is 3.91. The third-order valence-corrected chi connectivity index (χ3v) is 4.90. The van der Waals surface area contributed by atoms with Gasteiger partial charge in [0.1, 0.15) is 0 Å².